The topological polar surface area (TPSA) is 79.5 Å². The minimum Gasteiger partial charge on any atom is -0.478 e. The largest absolute Gasteiger partial charge is 0.478 e. The predicted octanol–water partition coefficient (Wildman–Crippen LogP) is 2.51. The molecule has 0 aliphatic carbocycles. The Labute approximate surface area is 105 Å². The van der Waals surface area contributed by atoms with Gasteiger partial charge in [0.1, 0.15) is 6.26 Å². The lowest BCUT2D eigenvalue weighted by Gasteiger charge is -2.04. The van der Waals surface area contributed by atoms with Crippen LogP contribution >= 0.6 is 0 Å². The second-order valence-electron chi connectivity index (χ2n) is 3.56. The number of benzene rings is 1. The van der Waals surface area contributed by atoms with Crippen LogP contribution in [0.1, 0.15) is 20.9 Å². The van der Waals surface area contributed by atoms with E-state index >= 15 is 0 Å². The predicted molar refractivity (Wildman–Crippen MR) is 60.0 cm³/mol. The van der Waals surface area contributed by atoms with E-state index in [0.29, 0.717) is 0 Å². The molecule has 1 aromatic heterocycles. The van der Waals surface area contributed by atoms with Gasteiger partial charge in [-0.3, -0.25) is 4.79 Å². The van der Waals surface area contributed by atoms with E-state index in [9.17, 15) is 18.4 Å². The number of furan rings is 1. The minimum atomic E-state index is -1.26. The van der Waals surface area contributed by atoms with Crippen molar-refractivity contribution >= 4 is 17.6 Å². The Balaban J connectivity index is 2.21. The van der Waals surface area contributed by atoms with Crippen LogP contribution in [0.5, 0.6) is 0 Å². The Morgan fingerprint density at radius 3 is 2.63 bits per heavy atom. The zero-order valence-corrected chi connectivity index (χ0v) is 9.31. The SMILES string of the molecule is O=C(O)c1coc(C(=O)Nc2cccc(F)c2F)c1. The third-order valence-corrected chi connectivity index (χ3v) is 2.27. The number of amides is 1. The van der Waals surface area contributed by atoms with Gasteiger partial charge in [-0.25, -0.2) is 13.6 Å². The Bertz CT molecular complexity index is 651. The Morgan fingerprint density at radius 1 is 1.26 bits per heavy atom. The second-order valence-corrected chi connectivity index (χ2v) is 3.56. The molecule has 0 radical (unpaired) electrons. The molecule has 0 bridgehead atoms. The lowest BCUT2D eigenvalue weighted by molar-refractivity contribution is 0.0696. The van der Waals surface area contributed by atoms with Crippen molar-refractivity contribution in [2.24, 2.45) is 0 Å². The standard InChI is InChI=1S/C12H7F2NO4/c13-7-2-1-3-8(10(7)14)15-11(16)9-4-6(5-19-9)12(17)18/h1-5H,(H,15,16)(H,17,18). The molecule has 0 saturated heterocycles. The molecule has 2 rings (SSSR count). The van der Waals surface area contributed by atoms with Crippen molar-refractivity contribution in [3.05, 3.63) is 53.5 Å². The molecule has 0 atom stereocenters. The molecule has 19 heavy (non-hydrogen) atoms. The highest BCUT2D eigenvalue weighted by Crippen LogP contribution is 2.18. The van der Waals surface area contributed by atoms with E-state index in [1.165, 1.54) is 6.07 Å². The number of carbonyl (C=O) groups excluding carboxylic acids is 1. The summed E-state index contributed by atoms with van der Waals surface area (Å²) in [5.74, 6) is -4.78. The van der Waals surface area contributed by atoms with Crippen molar-refractivity contribution in [2.45, 2.75) is 0 Å². The first-order valence-electron chi connectivity index (χ1n) is 5.06. The smallest absolute Gasteiger partial charge is 0.338 e. The highest BCUT2D eigenvalue weighted by molar-refractivity contribution is 6.03. The fraction of sp³-hybridized carbons (Fsp3) is 0. The van der Waals surface area contributed by atoms with Gasteiger partial charge in [0.05, 0.1) is 11.3 Å². The van der Waals surface area contributed by atoms with E-state index in [1.54, 1.807) is 0 Å². The van der Waals surface area contributed by atoms with E-state index in [-0.39, 0.29) is 17.0 Å². The molecule has 0 aliphatic heterocycles. The van der Waals surface area contributed by atoms with Crippen LogP contribution in [-0.4, -0.2) is 17.0 Å². The van der Waals surface area contributed by atoms with Crippen LogP contribution in [0, 0.1) is 11.6 Å². The number of hydrogen-bond acceptors (Lipinski definition) is 3. The monoisotopic (exact) mass is 267 g/mol. The Morgan fingerprint density at radius 2 is 2.00 bits per heavy atom. The molecule has 98 valence electrons. The van der Waals surface area contributed by atoms with Gasteiger partial charge in [0.25, 0.3) is 5.91 Å². The third kappa shape index (κ3) is 2.59. The number of nitrogens with one attached hydrogen (secondary N) is 1. The summed E-state index contributed by atoms with van der Waals surface area (Å²) in [5.41, 5.74) is -0.580. The summed E-state index contributed by atoms with van der Waals surface area (Å²) in [7, 11) is 0. The summed E-state index contributed by atoms with van der Waals surface area (Å²) in [5, 5.41) is 10.7. The molecule has 0 fully saturated rings. The molecule has 1 amide bonds. The number of carboxylic acids is 1. The highest BCUT2D eigenvalue weighted by atomic mass is 19.2. The minimum absolute atomic E-state index is 0.218. The van der Waals surface area contributed by atoms with Crippen LogP contribution in [0.2, 0.25) is 0 Å². The summed E-state index contributed by atoms with van der Waals surface area (Å²) in [6.45, 7) is 0. The summed E-state index contributed by atoms with van der Waals surface area (Å²) in [6.07, 6.45) is 0.874. The maximum absolute atomic E-state index is 13.3. The van der Waals surface area contributed by atoms with Crippen LogP contribution in [0.4, 0.5) is 14.5 Å². The zero-order valence-electron chi connectivity index (χ0n) is 9.31. The van der Waals surface area contributed by atoms with Crippen molar-refractivity contribution in [3.63, 3.8) is 0 Å². The number of hydrogen-bond donors (Lipinski definition) is 2. The normalized spacial score (nSPS) is 10.2. The van der Waals surface area contributed by atoms with Crippen LogP contribution in [0.3, 0.4) is 0 Å². The molecule has 2 N–H and O–H groups in total. The molecular weight excluding hydrogens is 260 g/mol. The lowest BCUT2D eigenvalue weighted by Crippen LogP contribution is -2.12. The van der Waals surface area contributed by atoms with E-state index in [1.807, 2.05) is 0 Å². The number of anilines is 1. The van der Waals surface area contributed by atoms with E-state index in [0.717, 1.165) is 24.5 Å². The first kappa shape index (κ1) is 12.7. The van der Waals surface area contributed by atoms with Gasteiger partial charge in [-0.1, -0.05) is 6.07 Å². The van der Waals surface area contributed by atoms with E-state index < -0.39 is 23.5 Å². The number of carboxylic acid groups (broad SMARTS) is 1. The van der Waals surface area contributed by atoms with Gasteiger partial charge in [-0.2, -0.15) is 0 Å². The number of carbonyl (C=O) groups is 2. The quantitative estimate of drug-likeness (QED) is 0.895. The van der Waals surface area contributed by atoms with Gasteiger partial charge < -0.3 is 14.8 Å². The van der Waals surface area contributed by atoms with Crippen molar-refractivity contribution < 1.29 is 27.9 Å². The van der Waals surface area contributed by atoms with Crippen LogP contribution in [0.25, 0.3) is 0 Å². The highest BCUT2D eigenvalue weighted by Gasteiger charge is 2.17. The summed E-state index contributed by atoms with van der Waals surface area (Å²) in [4.78, 5) is 22.2. The zero-order chi connectivity index (χ0) is 14.0. The maximum atomic E-state index is 13.3. The molecular formula is C12H7F2NO4. The van der Waals surface area contributed by atoms with Gasteiger partial charge in [-0.15, -0.1) is 0 Å². The van der Waals surface area contributed by atoms with Gasteiger partial charge in [0.2, 0.25) is 0 Å². The average Bonchev–Trinajstić information content (AvgIpc) is 2.84. The average molecular weight is 267 g/mol. The Kier molecular flexibility index (Phi) is 3.28. The van der Waals surface area contributed by atoms with Crippen molar-refractivity contribution in [3.8, 4) is 0 Å². The third-order valence-electron chi connectivity index (χ3n) is 2.27. The maximum Gasteiger partial charge on any atom is 0.338 e. The lowest BCUT2D eigenvalue weighted by atomic mass is 10.2. The number of rotatable bonds is 3. The summed E-state index contributed by atoms with van der Waals surface area (Å²) >= 11 is 0. The number of halogens is 2. The van der Waals surface area contributed by atoms with Crippen molar-refractivity contribution in [2.75, 3.05) is 5.32 Å². The first-order chi connectivity index (χ1) is 8.99. The van der Waals surface area contributed by atoms with Gasteiger partial charge >= 0.3 is 5.97 Å². The molecule has 0 spiro atoms. The summed E-state index contributed by atoms with van der Waals surface area (Å²) < 4.78 is 30.9. The molecule has 1 aromatic carbocycles. The van der Waals surface area contributed by atoms with Gasteiger partial charge in [0, 0.05) is 6.07 Å². The van der Waals surface area contributed by atoms with Crippen LogP contribution < -0.4 is 5.32 Å². The molecule has 0 saturated carbocycles. The fourth-order valence-corrected chi connectivity index (χ4v) is 1.35. The van der Waals surface area contributed by atoms with Gasteiger partial charge in [-0.05, 0) is 12.1 Å². The first-order valence-corrected chi connectivity index (χ1v) is 5.06. The fourth-order valence-electron chi connectivity index (χ4n) is 1.35. The second kappa shape index (κ2) is 4.89. The van der Waals surface area contributed by atoms with Gasteiger partial charge in [0.15, 0.2) is 17.4 Å². The molecule has 1 heterocycles. The molecule has 5 nitrogen and oxygen atoms in total. The van der Waals surface area contributed by atoms with Crippen LogP contribution in [0.15, 0.2) is 34.9 Å². The van der Waals surface area contributed by atoms with Crippen molar-refractivity contribution in [1.29, 1.82) is 0 Å². The molecule has 0 aliphatic rings. The Hall–Kier alpha value is -2.70. The number of aromatic carboxylic acids is 1. The van der Waals surface area contributed by atoms with E-state index in [4.69, 9.17) is 9.52 Å². The van der Waals surface area contributed by atoms with E-state index in [2.05, 4.69) is 5.32 Å². The van der Waals surface area contributed by atoms with Crippen LogP contribution in [-0.2, 0) is 0 Å². The molecule has 0 unspecified atom stereocenters. The van der Waals surface area contributed by atoms with Crippen molar-refractivity contribution in [1.82, 2.24) is 0 Å². The molecule has 7 heteroatoms. The summed E-state index contributed by atoms with van der Waals surface area (Å²) in [6, 6.07) is 4.27. The molecule has 2 aromatic rings.